The summed E-state index contributed by atoms with van der Waals surface area (Å²) >= 11 is 0. The summed E-state index contributed by atoms with van der Waals surface area (Å²) in [6.07, 6.45) is 4.39. The third-order valence-electron chi connectivity index (χ3n) is 7.03. The summed E-state index contributed by atoms with van der Waals surface area (Å²) in [5.74, 6) is 0.671. The molecule has 3 atom stereocenters. The lowest BCUT2D eigenvalue weighted by Crippen LogP contribution is -2.40. The Morgan fingerprint density at radius 1 is 1.16 bits per heavy atom. The van der Waals surface area contributed by atoms with Gasteiger partial charge in [0.1, 0.15) is 11.9 Å². The van der Waals surface area contributed by atoms with Crippen molar-refractivity contribution in [2.24, 2.45) is 0 Å². The third kappa shape index (κ3) is 6.27. The summed E-state index contributed by atoms with van der Waals surface area (Å²) in [5.41, 5.74) is 5.02. The molecule has 0 saturated carbocycles. The van der Waals surface area contributed by atoms with Gasteiger partial charge in [-0.1, -0.05) is 54.6 Å². The number of nitrogens with one attached hydrogen (secondary N) is 3. The fraction of sp³-hybridized carbons (Fsp3) is 0.379. The highest BCUT2D eigenvalue weighted by molar-refractivity contribution is 5.91. The van der Waals surface area contributed by atoms with Gasteiger partial charge in [-0.3, -0.25) is 5.32 Å². The summed E-state index contributed by atoms with van der Waals surface area (Å²) < 4.78 is 13.5. The Morgan fingerprint density at radius 2 is 1.89 bits per heavy atom. The number of aromatic nitrogens is 2. The van der Waals surface area contributed by atoms with Crippen LogP contribution in [0.15, 0.2) is 66.7 Å². The number of hydrogen-bond acceptors (Lipinski definition) is 5. The van der Waals surface area contributed by atoms with E-state index in [1.165, 1.54) is 5.57 Å². The Morgan fingerprint density at radius 3 is 2.58 bits per heavy atom. The molecule has 1 aromatic heterocycles. The van der Waals surface area contributed by atoms with Crippen LogP contribution in [0, 0.1) is 6.92 Å². The fourth-order valence-electron chi connectivity index (χ4n) is 5.14. The molecule has 0 spiro atoms. The SMILES string of the molecule is COCCC1C[C@@H](NC(=O)Nc2c(C)c(C3=CCNCC3)nn2-c2ccccc2)[C@H](c2ccccc2)O1.Cl. The van der Waals surface area contributed by atoms with E-state index in [2.05, 4.69) is 22.0 Å². The van der Waals surface area contributed by atoms with Gasteiger partial charge < -0.3 is 20.1 Å². The first kappa shape index (κ1) is 27.9. The molecular weight excluding hydrogens is 502 g/mol. The number of rotatable bonds is 8. The molecular formula is C29H36ClN5O3. The molecule has 8 nitrogen and oxygen atoms in total. The third-order valence-corrected chi connectivity index (χ3v) is 7.03. The number of para-hydroxylation sites is 1. The van der Waals surface area contributed by atoms with Crippen LogP contribution >= 0.6 is 12.4 Å². The fourth-order valence-corrected chi connectivity index (χ4v) is 5.14. The van der Waals surface area contributed by atoms with Crippen molar-refractivity contribution >= 4 is 29.8 Å². The molecule has 2 aromatic carbocycles. The number of carbonyl (C=O) groups excluding carboxylic acids is 1. The van der Waals surface area contributed by atoms with E-state index in [0.717, 1.165) is 54.9 Å². The Kier molecular flexibility index (Phi) is 9.58. The van der Waals surface area contributed by atoms with Gasteiger partial charge in [0.15, 0.2) is 0 Å². The molecule has 3 aromatic rings. The maximum atomic E-state index is 13.4. The number of amides is 2. The number of carbonyl (C=O) groups is 1. The van der Waals surface area contributed by atoms with Crippen LogP contribution in [0.4, 0.5) is 10.6 Å². The summed E-state index contributed by atoms with van der Waals surface area (Å²) in [6.45, 7) is 4.38. The van der Waals surface area contributed by atoms with Crippen molar-refractivity contribution in [3.8, 4) is 5.69 Å². The van der Waals surface area contributed by atoms with Gasteiger partial charge in [0, 0.05) is 25.8 Å². The molecule has 2 aliphatic rings. The van der Waals surface area contributed by atoms with Crippen molar-refractivity contribution in [3.63, 3.8) is 0 Å². The predicted molar refractivity (Wildman–Crippen MR) is 152 cm³/mol. The van der Waals surface area contributed by atoms with Gasteiger partial charge in [0.05, 0.1) is 23.5 Å². The lowest BCUT2D eigenvalue weighted by atomic mass is 10.0. The summed E-state index contributed by atoms with van der Waals surface area (Å²) in [6, 6.07) is 19.5. The average molecular weight is 538 g/mol. The molecule has 0 bridgehead atoms. The van der Waals surface area contributed by atoms with Gasteiger partial charge in [-0.15, -0.1) is 12.4 Å². The quantitative estimate of drug-likeness (QED) is 0.375. The number of urea groups is 1. The standard InChI is InChI=1S/C29H35N5O3.ClH/c1-20-26(21-13-16-30-17-14-21)33-34(23-11-7-4-8-12-23)28(20)32-29(35)31-25-19-24(15-18-36-2)37-27(25)22-9-5-3-6-10-22;/h3-13,24-25,27,30H,14-19H2,1-2H3,(H2,31,32,35);1H/t24?,25-,27+;/m1./s1. The molecule has 5 rings (SSSR count). The van der Waals surface area contributed by atoms with Crippen molar-refractivity contribution in [1.29, 1.82) is 0 Å². The van der Waals surface area contributed by atoms with E-state index in [9.17, 15) is 4.79 Å². The second kappa shape index (κ2) is 13.1. The number of hydrogen-bond donors (Lipinski definition) is 3. The molecule has 3 N–H and O–H groups in total. The van der Waals surface area contributed by atoms with E-state index < -0.39 is 0 Å². The molecule has 1 saturated heterocycles. The predicted octanol–water partition coefficient (Wildman–Crippen LogP) is 5.04. The Labute approximate surface area is 230 Å². The monoisotopic (exact) mass is 537 g/mol. The second-order valence-corrected chi connectivity index (χ2v) is 9.56. The molecule has 9 heteroatoms. The van der Waals surface area contributed by atoms with Gasteiger partial charge in [0.25, 0.3) is 0 Å². The number of methoxy groups -OCH3 is 1. The zero-order chi connectivity index (χ0) is 25.6. The largest absolute Gasteiger partial charge is 0.385 e. The highest BCUT2D eigenvalue weighted by Crippen LogP contribution is 2.35. The number of nitrogens with zero attached hydrogens (tertiary/aromatic N) is 2. The number of anilines is 1. The topological polar surface area (TPSA) is 89.4 Å². The normalized spacial score (nSPS) is 20.9. The molecule has 1 unspecified atom stereocenters. The minimum atomic E-state index is -0.270. The Balaban J connectivity index is 0.00000336. The summed E-state index contributed by atoms with van der Waals surface area (Å²) in [5, 5.41) is 14.6. The van der Waals surface area contributed by atoms with E-state index in [1.807, 2.05) is 72.3 Å². The second-order valence-electron chi connectivity index (χ2n) is 9.56. The van der Waals surface area contributed by atoms with Crippen LogP contribution in [0.25, 0.3) is 11.3 Å². The maximum Gasteiger partial charge on any atom is 0.320 e. The van der Waals surface area contributed by atoms with Crippen LogP contribution in [-0.2, 0) is 9.47 Å². The zero-order valence-corrected chi connectivity index (χ0v) is 22.7. The van der Waals surface area contributed by atoms with Gasteiger partial charge in [0.2, 0.25) is 0 Å². The minimum absolute atomic E-state index is 0. The van der Waals surface area contributed by atoms with Gasteiger partial charge in [-0.05, 0) is 56.0 Å². The van der Waals surface area contributed by atoms with E-state index in [0.29, 0.717) is 12.4 Å². The van der Waals surface area contributed by atoms with E-state index >= 15 is 0 Å². The van der Waals surface area contributed by atoms with Crippen LogP contribution in [0.3, 0.4) is 0 Å². The van der Waals surface area contributed by atoms with Crippen molar-refractivity contribution in [2.45, 2.75) is 44.4 Å². The summed E-state index contributed by atoms with van der Waals surface area (Å²) in [7, 11) is 1.69. The molecule has 0 radical (unpaired) electrons. The zero-order valence-electron chi connectivity index (χ0n) is 21.9. The molecule has 2 aliphatic heterocycles. The molecule has 202 valence electrons. The Bertz CT molecular complexity index is 1230. The van der Waals surface area contributed by atoms with Crippen LogP contribution in [0.1, 0.15) is 42.2 Å². The van der Waals surface area contributed by atoms with E-state index in [-0.39, 0.29) is 36.7 Å². The van der Waals surface area contributed by atoms with Crippen LogP contribution in [-0.4, -0.2) is 54.8 Å². The lowest BCUT2D eigenvalue weighted by Gasteiger charge is -2.21. The number of halogens is 1. The van der Waals surface area contributed by atoms with Crippen molar-refractivity contribution in [3.05, 3.63) is 83.6 Å². The molecule has 0 aliphatic carbocycles. The van der Waals surface area contributed by atoms with Crippen molar-refractivity contribution in [2.75, 3.05) is 32.1 Å². The van der Waals surface area contributed by atoms with Gasteiger partial charge in [-0.25, -0.2) is 9.48 Å². The molecule has 2 amide bonds. The van der Waals surface area contributed by atoms with Crippen LogP contribution < -0.4 is 16.0 Å². The van der Waals surface area contributed by atoms with Crippen LogP contribution in [0.2, 0.25) is 0 Å². The van der Waals surface area contributed by atoms with Crippen LogP contribution in [0.5, 0.6) is 0 Å². The molecule has 3 heterocycles. The van der Waals surface area contributed by atoms with E-state index in [1.54, 1.807) is 7.11 Å². The lowest BCUT2D eigenvalue weighted by molar-refractivity contribution is 0.0212. The highest BCUT2D eigenvalue weighted by atomic mass is 35.5. The number of ether oxygens (including phenoxy) is 2. The first-order valence-electron chi connectivity index (χ1n) is 13.0. The maximum absolute atomic E-state index is 13.4. The van der Waals surface area contributed by atoms with Gasteiger partial charge in [-0.2, -0.15) is 5.10 Å². The summed E-state index contributed by atoms with van der Waals surface area (Å²) in [4.78, 5) is 13.4. The smallest absolute Gasteiger partial charge is 0.320 e. The first-order chi connectivity index (χ1) is 18.1. The molecule has 1 fully saturated rings. The minimum Gasteiger partial charge on any atom is -0.385 e. The first-order valence-corrected chi connectivity index (χ1v) is 13.0. The average Bonchev–Trinajstić information content (AvgIpc) is 3.49. The Hall–Kier alpha value is -3.17. The highest BCUT2D eigenvalue weighted by Gasteiger charge is 2.37. The number of benzene rings is 2. The van der Waals surface area contributed by atoms with Gasteiger partial charge >= 0.3 is 6.03 Å². The van der Waals surface area contributed by atoms with E-state index in [4.69, 9.17) is 14.6 Å². The van der Waals surface area contributed by atoms with Crippen molar-refractivity contribution < 1.29 is 14.3 Å². The van der Waals surface area contributed by atoms with Crippen molar-refractivity contribution in [1.82, 2.24) is 20.4 Å². The molecule has 38 heavy (non-hydrogen) atoms.